The number of benzene rings is 8. The van der Waals surface area contributed by atoms with E-state index in [0.29, 0.717) is 0 Å². The van der Waals surface area contributed by atoms with Crippen molar-refractivity contribution in [3.8, 4) is 5.75 Å². The van der Waals surface area contributed by atoms with E-state index in [2.05, 4.69) is 259 Å². The molecule has 3 nitrogen and oxygen atoms in total. The van der Waals surface area contributed by atoms with E-state index in [4.69, 9.17) is 4.74 Å². The van der Waals surface area contributed by atoms with Gasteiger partial charge in [0, 0.05) is 28.3 Å². The number of rotatable bonds is 15. The molecule has 0 saturated carbocycles. The molecule has 0 unspecified atom stereocenters. The van der Waals surface area contributed by atoms with E-state index < -0.39 is 0 Å². The lowest BCUT2D eigenvalue weighted by Gasteiger charge is -2.34. The van der Waals surface area contributed by atoms with Crippen LogP contribution in [0.2, 0.25) is 0 Å². The quantitative estimate of drug-likeness (QED) is 0.0759. The number of hydrogen-bond donors (Lipinski definition) is 0. The molecular formula is C59H48N2O. The zero-order valence-electron chi connectivity index (χ0n) is 34.8. The molecule has 0 heterocycles. The van der Waals surface area contributed by atoms with Crippen molar-refractivity contribution in [3.05, 3.63) is 270 Å². The first-order valence-electron chi connectivity index (χ1n) is 20.9. The molecule has 0 fully saturated rings. The van der Waals surface area contributed by atoms with Gasteiger partial charge in [-0.3, -0.25) is 0 Å². The Labute approximate surface area is 366 Å². The van der Waals surface area contributed by atoms with Crippen molar-refractivity contribution >= 4 is 70.6 Å². The third-order valence-corrected chi connectivity index (χ3v) is 10.4. The Morgan fingerprint density at radius 1 is 0.306 bits per heavy atom. The maximum atomic E-state index is 5.46. The van der Waals surface area contributed by atoms with Gasteiger partial charge in [0.2, 0.25) is 0 Å². The van der Waals surface area contributed by atoms with Crippen molar-refractivity contribution in [1.29, 1.82) is 0 Å². The summed E-state index contributed by atoms with van der Waals surface area (Å²) < 4.78 is 5.46. The normalized spacial score (nSPS) is 11.6. The molecule has 0 amide bonds. The van der Waals surface area contributed by atoms with Gasteiger partial charge in [-0.15, -0.1) is 0 Å². The number of ether oxygens (including phenoxy) is 1. The number of nitrogens with zero attached hydrogens (tertiary/aromatic N) is 2. The second kappa shape index (κ2) is 20.7. The van der Waals surface area contributed by atoms with Gasteiger partial charge < -0.3 is 14.5 Å². The largest absolute Gasteiger partial charge is 0.497 e. The molecule has 0 aliphatic heterocycles. The predicted molar refractivity (Wildman–Crippen MR) is 267 cm³/mol. The predicted octanol–water partition coefficient (Wildman–Crippen LogP) is 16.3. The van der Waals surface area contributed by atoms with Crippen molar-refractivity contribution in [1.82, 2.24) is 0 Å². The minimum atomic E-state index is 0.828. The van der Waals surface area contributed by atoms with Gasteiger partial charge in [0.05, 0.1) is 18.5 Å². The summed E-state index contributed by atoms with van der Waals surface area (Å²) in [7, 11) is 1.69. The second-order valence-corrected chi connectivity index (χ2v) is 14.6. The molecule has 0 atom stereocenters. The highest BCUT2D eigenvalue weighted by atomic mass is 16.5. The van der Waals surface area contributed by atoms with Gasteiger partial charge in [-0.1, -0.05) is 206 Å². The van der Waals surface area contributed by atoms with Crippen LogP contribution >= 0.6 is 0 Å². The highest BCUT2D eigenvalue weighted by molar-refractivity contribution is 5.97. The van der Waals surface area contributed by atoms with Crippen LogP contribution < -0.4 is 14.5 Å². The molecule has 0 N–H and O–H groups in total. The van der Waals surface area contributed by atoms with Crippen LogP contribution in [0.15, 0.2) is 237 Å². The maximum Gasteiger partial charge on any atom is 0.118 e. The monoisotopic (exact) mass is 800 g/mol. The molecule has 300 valence electrons. The molecule has 62 heavy (non-hydrogen) atoms. The van der Waals surface area contributed by atoms with Crippen LogP contribution in [0.25, 0.3) is 36.5 Å². The molecule has 0 spiro atoms. The first-order valence-corrected chi connectivity index (χ1v) is 20.9. The molecule has 0 aliphatic rings. The third-order valence-electron chi connectivity index (χ3n) is 10.4. The van der Waals surface area contributed by atoms with Gasteiger partial charge in [-0.25, -0.2) is 0 Å². The standard InChI is InChI=1S/C59H48N2O/c1-62-57-45-38-51(39-46-57)33-40-52-27-18-32-58(60(53-28-10-4-11-29-53)55-41-34-49(35-42-55)25-16-14-23-47-19-6-2-7-20-47)59(52)61(54-30-12-5-13-31-54)56-43-36-50(37-44-56)26-17-15-24-48-21-8-3-9-22-48/h2-46H,1H3/b23-14+,24-15+,25-16+,26-17+,40-33+. The van der Waals surface area contributed by atoms with E-state index in [-0.39, 0.29) is 0 Å². The summed E-state index contributed by atoms with van der Waals surface area (Å²) in [5.74, 6) is 0.828. The molecular weight excluding hydrogens is 753 g/mol. The van der Waals surface area contributed by atoms with Gasteiger partial charge in [0.1, 0.15) is 5.75 Å². The Balaban J connectivity index is 1.23. The van der Waals surface area contributed by atoms with Crippen LogP contribution in [0.4, 0.5) is 34.1 Å². The van der Waals surface area contributed by atoms with Gasteiger partial charge in [0.15, 0.2) is 0 Å². The van der Waals surface area contributed by atoms with Crippen molar-refractivity contribution in [2.75, 3.05) is 16.9 Å². The van der Waals surface area contributed by atoms with Crippen LogP contribution in [-0.4, -0.2) is 7.11 Å². The first-order chi connectivity index (χ1) is 30.7. The minimum Gasteiger partial charge on any atom is -0.497 e. The van der Waals surface area contributed by atoms with Crippen molar-refractivity contribution in [3.63, 3.8) is 0 Å². The lowest BCUT2D eigenvalue weighted by atomic mass is 10.0. The van der Waals surface area contributed by atoms with E-state index in [1.165, 1.54) is 11.1 Å². The van der Waals surface area contributed by atoms with Gasteiger partial charge in [-0.2, -0.15) is 0 Å². The van der Waals surface area contributed by atoms with Gasteiger partial charge in [0.25, 0.3) is 0 Å². The number of allylic oxidation sites excluding steroid dienone is 4. The van der Waals surface area contributed by atoms with Crippen molar-refractivity contribution in [2.45, 2.75) is 0 Å². The second-order valence-electron chi connectivity index (χ2n) is 14.6. The fourth-order valence-corrected chi connectivity index (χ4v) is 7.26. The lowest BCUT2D eigenvalue weighted by molar-refractivity contribution is 0.415. The minimum absolute atomic E-state index is 0.828. The fraction of sp³-hybridized carbons (Fsp3) is 0.0169. The zero-order valence-corrected chi connectivity index (χ0v) is 34.8. The van der Waals surface area contributed by atoms with Crippen molar-refractivity contribution < 1.29 is 4.74 Å². The fourth-order valence-electron chi connectivity index (χ4n) is 7.26. The molecule has 0 bridgehead atoms. The topological polar surface area (TPSA) is 15.7 Å². The maximum absolute atomic E-state index is 5.46. The molecule has 0 aromatic heterocycles. The molecule has 0 aliphatic carbocycles. The van der Waals surface area contributed by atoms with Crippen LogP contribution in [0.5, 0.6) is 5.75 Å². The van der Waals surface area contributed by atoms with E-state index in [9.17, 15) is 0 Å². The molecule has 0 radical (unpaired) electrons. The SMILES string of the molecule is COc1ccc(/C=C/c2cccc(N(c3ccccc3)c3ccc(/C=C/C=C/c4ccccc4)cc3)c2N(c2ccccc2)c2ccc(/C=C/C=C/c3ccccc3)cc2)cc1. The number of para-hydroxylation sites is 3. The Bertz CT molecular complexity index is 2770. The summed E-state index contributed by atoms with van der Waals surface area (Å²) in [6.07, 6.45) is 21.3. The summed E-state index contributed by atoms with van der Waals surface area (Å²) in [4.78, 5) is 4.73. The van der Waals surface area contributed by atoms with E-state index >= 15 is 0 Å². The number of hydrogen-bond acceptors (Lipinski definition) is 3. The molecule has 0 saturated heterocycles. The summed E-state index contributed by atoms with van der Waals surface area (Å²) in [5.41, 5.74) is 13.0. The Hall–Kier alpha value is -8.14. The molecule has 8 aromatic carbocycles. The highest BCUT2D eigenvalue weighted by Crippen LogP contribution is 2.48. The summed E-state index contributed by atoms with van der Waals surface area (Å²) in [6.45, 7) is 0. The van der Waals surface area contributed by atoms with Gasteiger partial charge >= 0.3 is 0 Å². The third kappa shape index (κ3) is 10.5. The summed E-state index contributed by atoms with van der Waals surface area (Å²) in [6, 6.07) is 74.2. The first kappa shape index (κ1) is 40.6. The molecule has 8 aromatic rings. The number of anilines is 6. The average Bonchev–Trinajstić information content (AvgIpc) is 3.34. The van der Waals surface area contributed by atoms with E-state index in [1.807, 2.05) is 24.3 Å². The van der Waals surface area contributed by atoms with Crippen LogP contribution in [-0.2, 0) is 0 Å². The number of methoxy groups -OCH3 is 1. The summed E-state index contributed by atoms with van der Waals surface area (Å²) >= 11 is 0. The van der Waals surface area contributed by atoms with Gasteiger partial charge in [-0.05, 0) is 94.5 Å². The molecule has 3 heteroatoms. The van der Waals surface area contributed by atoms with E-state index in [1.54, 1.807) is 7.11 Å². The summed E-state index contributed by atoms with van der Waals surface area (Å²) in [5, 5.41) is 0. The Morgan fingerprint density at radius 3 is 1.15 bits per heavy atom. The average molecular weight is 801 g/mol. The Kier molecular flexibility index (Phi) is 13.6. The Morgan fingerprint density at radius 2 is 0.677 bits per heavy atom. The van der Waals surface area contributed by atoms with Crippen LogP contribution in [0, 0.1) is 0 Å². The van der Waals surface area contributed by atoms with Crippen LogP contribution in [0.3, 0.4) is 0 Å². The zero-order chi connectivity index (χ0) is 42.2. The molecule has 8 rings (SSSR count). The lowest BCUT2D eigenvalue weighted by Crippen LogP contribution is -2.18. The smallest absolute Gasteiger partial charge is 0.118 e. The van der Waals surface area contributed by atoms with Crippen LogP contribution in [0.1, 0.15) is 33.4 Å². The van der Waals surface area contributed by atoms with E-state index in [0.717, 1.165) is 62.1 Å². The van der Waals surface area contributed by atoms with Crippen molar-refractivity contribution in [2.24, 2.45) is 0 Å². The highest BCUT2D eigenvalue weighted by Gasteiger charge is 2.24.